The molecule has 25 heavy (non-hydrogen) atoms. The number of carbonyl (C=O) groups excluding carboxylic acids is 2. The summed E-state index contributed by atoms with van der Waals surface area (Å²) in [4.78, 5) is 29.0. The number of ether oxygens (including phenoxy) is 1. The van der Waals surface area contributed by atoms with Crippen LogP contribution in [0.1, 0.15) is 20.7 Å². The zero-order valence-electron chi connectivity index (χ0n) is 14.8. The first-order chi connectivity index (χ1) is 12.0. The number of likely N-dealkylation sites (N-methyl/N-ethyl adjacent to an activating group) is 1. The van der Waals surface area contributed by atoms with Crippen molar-refractivity contribution in [3.05, 3.63) is 41.5 Å². The van der Waals surface area contributed by atoms with Gasteiger partial charge in [0.25, 0.3) is 11.8 Å². The molecule has 132 valence electrons. The number of nitrogens with zero attached hydrogens (tertiary/aromatic N) is 2. The van der Waals surface area contributed by atoms with Crippen LogP contribution in [0.3, 0.4) is 0 Å². The number of imide groups is 1. The third kappa shape index (κ3) is 3.23. The second-order valence-corrected chi connectivity index (χ2v) is 6.37. The van der Waals surface area contributed by atoms with E-state index in [0.717, 1.165) is 16.5 Å². The third-order valence-electron chi connectivity index (χ3n) is 4.38. The van der Waals surface area contributed by atoms with E-state index in [-0.39, 0.29) is 11.8 Å². The standard InChI is InChI=1S/C19H23N3O3/c1-21(2)10-11-22-18(23)14-6-4-5-13-16(20-9-12-25-3)8-7-15(17(13)14)19(22)24/h4-8,20H,9-12H2,1-3H3. The molecule has 0 saturated heterocycles. The lowest BCUT2D eigenvalue weighted by atomic mass is 9.93. The lowest BCUT2D eigenvalue weighted by Gasteiger charge is -2.28. The van der Waals surface area contributed by atoms with Crippen molar-refractivity contribution < 1.29 is 14.3 Å². The Morgan fingerprint density at radius 2 is 1.80 bits per heavy atom. The van der Waals surface area contributed by atoms with E-state index in [1.165, 1.54) is 4.90 Å². The molecule has 1 N–H and O–H groups in total. The maximum atomic E-state index is 12.8. The van der Waals surface area contributed by atoms with Crippen molar-refractivity contribution in [3.63, 3.8) is 0 Å². The maximum Gasteiger partial charge on any atom is 0.261 e. The molecule has 2 aromatic carbocycles. The second-order valence-electron chi connectivity index (χ2n) is 6.37. The van der Waals surface area contributed by atoms with Crippen LogP contribution in [0.15, 0.2) is 30.3 Å². The number of carbonyl (C=O) groups is 2. The van der Waals surface area contributed by atoms with Crippen LogP contribution in [0.5, 0.6) is 0 Å². The molecule has 0 unspecified atom stereocenters. The van der Waals surface area contributed by atoms with E-state index in [9.17, 15) is 9.59 Å². The zero-order valence-corrected chi connectivity index (χ0v) is 14.8. The van der Waals surface area contributed by atoms with Crippen molar-refractivity contribution in [2.24, 2.45) is 0 Å². The Labute approximate surface area is 147 Å². The molecule has 6 nitrogen and oxygen atoms in total. The molecule has 1 heterocycles. The van der Waals surface area contributed by atoms with Gasteiger partial charge in [-0.05, 0) is 32.3 Å². The van der Waals surface area contributed by atoms with Crippen molar-refractivity contribution in [2.75, 3.05) is 52.8 Å². The Balaban J connectivity index is 2.03. The predicted octanol–water partition coefficient (Wildman–Crippen LogP) is 2.06. The van der Waals surface area contributed by atoms with E-state index < -0.39 is 0 Å². The first-order valence-electron chi connectivity index (χ1n) is 8.34. The highest BCUT2D eigenvalue weighted by molar-refractivity contribution is 6.26. The molecule has 0 radical (unpaired) electrons. The van der Waals surface area contributed by atoms with E-state index in [1.807, 2.05) is 37.2 Å². The molecule has 0 aliphatic carbocycles. The average molecular weight is 341 g/mol. The summed E-state index contributed by atoms with van der Waals surface area (Å²) < 4.78 is 5.07. The summed E-state index contributed by atoms with van der Waals surface area (Å²) in [6, 6.07) is 9.30. The molecule has 0 bridgehead atoms. The molecule has 0 spiro atoms. The van der Waals surface area contributed by atoms with Gasteiger partial charge in [0, 0.05) is 54.3 Å². The van der Waals surface area contributed by atoms with Crippen LogP contribution in [0, 0.1) is 0 Å². The third-order valence-corrected chi connectivity index (χ3v) is 4.38. The van der Waals surface area contributed by atoms with Crippen molar-refractivity contribution in [1.29, 1.82) is 0 Å². The van der Waals surface area contributed by atoms with E-state index >= 15 is 0 Å². The molecular weight excluding hydrogens is 318 g/mol. The van der Waals surface area contributed by atoms with Gasteiger partial charge in [0.2, 0.25) is 0 Å². The van der Waals surface area contributed by atoms with Crippen LogP contribution >= 0.6 is 0 Å². The number of anilines is 1. The predicted molar refractivity (Wildman–Crippen MR) is 98.2 cm³/mol. The van der Waals surface area contributed by atoms with Crippen LogP contribution in [-0.2, 0) is 4.74 Å². The molecule has 0 atom stereocenters. The monoisotopic (exact) mass is 341 g/mol. The quantitative estimate of drug-likeness (QED) is 0.617. The Bertz CT molecular complexity index is 795. The van der Waals surface area contributed by atoms with Gasteiger partial charge in [-0.15, -0.1) is 0 Å². The van der Waals surface area contributed by atoms with Crippen LogP contribution in [-0.4, -0.2) is 69.1 Å². The summed E-state index contributed by atoms with van der Waals surface area (Å²) in [6.45, 7) is 2.26. The lowest BCUT2D eigenvalue weighted by molar-refractivity contribution is 0.0601. The molecule has 0 aromatic heterocycles. The number of nitrogens with one attached hydrogen (secondary N) is 1. The molecule has 1 aliphatic heterocycles. The van der Waals surface area contributed by atoms with Gasteiger partial charge in [-0.1, -0.05) is 12.1 Å². The Kier molecular flexibility index (Phi) is 5.01. The smallest absolute Gasteiger partial charge is 0.261 e. The minimum Gasteiger partial charge on any atom is -0.383 e. The minimum atomic E-state index is -0.223. The summed E-state index contributed by atoms with van der Waals surface area (Å²) in [5, 5.41) is 4.93. The molecule has 2 aromatic rings. The van der Waals surface area contributed by atoms with Crippen LogP contribution in [0.25, 0.3) is 10.8 Å². The van der Waals surface area contributed by atoms with Crippen LogP contribution in [0.4, 0.5) is 5.69 Å². The topological polar surface area (TPSA) is 61.9 Å². The van der Waals surface area contributed by atoms with Crippen molar-refractivity contribution in [1.82, 2.24) is 9.80 Å². The molecule has 2 amide bonds. The number of hydrogen-bond donors (Lipinski definition) is 1. The molecule has 1 aliphatic rings. The van der Waals surface area contributed by atoms with Gasteiger partial charge >= 0.3 is 0 Å². The summed E-state index contributed by atoms with van der Waals surface area (Å²) in [7, 11) is 5.50. The van der Waals surface area contributed by atoms with Crippen LogP contribution in [0.2, 0.25) is 0 Å². The maximum absolute atomic E-state index is 12.8. The lowest BCUT2D eigenvalue weighted by Crippen LogP contribution is -2.43. The second kappa shape index (κ2) is 7.21. The number of benzene rings is 2. The summed E-state index contributed by atoms with van der Waals surface area (Å²) in [6.07, 6.45) is 0. The highest BCUT2D eigenvalue weighted by Gasteiger charge is 2.32. The fourth-order valence-corrected chi connectivity index (χ4v) is 3.09. The minimum absolute atomic E-state index is 0.223. The SMILES string of the molecule is COCCNc1ccc2c3c(cccc13)C(=O)N(CCN(C)C)C2=O. The number of hydrogen-bond acceptors (Lipinski definition) is 5. The average Bonchev–Trinajstić information content (AvgIpc) is 2.60. The number of methoxy groups -OCH3 is 1. The van der Waals surface area contributed by atoms with Crippen molar-refractivity contribution >= 4 is 28.3 Å². The first kappa shape index (κ1) is 17.4. The van der Waals surface area contributed by atoms with Crippen LogP contribution < -0.4 is 5.32 Å². The Morgan fingerprint density at radius 1 is 1.08 bits per heavy atom. The number of rotatable bonds is 7. The van der Waals surface area contributed by atoms with Gasteiger partial charge in [-0.25, -0.2) is 0 Å². The molecule has 6 heteroatoms. The Morgan fingerprint density at radius 3 is 2.48 bits per heavy atom. The normalized spacial score (nSPS) is 13.8. The first-order valence-corrected chi connectivity index (χ1v) is 8.34. The fraction of sp³-hybridized carbons (Fsp3) is 0.368. The largest absolute Gasteiger partial charge is 0.383 e. The van der Waals surface area contributed by atoms with Crippen molar-refractivity contribution in [2.45, 2.75) is 0 Å². The van der Waals surface area contributed by atoms with Crippen molar-refractivity contribution in [3.8, 4) is 0 Å². The van der Waals surface area contributed by atoms with Gasteiger partial charge in [-0.3, -0.25) is 14.5 Å². The molecule has 3 rings (SSSR count). The summed E-state index contributed by atoms with van der Waals surface area (Å²) >= 11 is 0. The molecule has 0 fully saturated rings. The van der Waals surface area contributed by atoms with E-state index in [0.29, 0.717) is 37.4 Å². The van der Waals surface area contributed by atoms with Gasteiger partial charge in [0.1, 0.15) is 0 Å². The molecule has 0 saturated carbocycles. The van der Waals surface area contributed by atoms with Gasteiger partial charge < -0.3 is 15.0 Å². The highest BCUT2D eigenvalue weighted by atomic mass is 16.5. The zero-order chi connectivity index (χ0) is 18.0. The van der Waals surface area contributed by atoms with E-state index in [4.69, 9.17) is 4.74 Å². The Hall–Kier alpha value is -2.44. The highest BCUT2D eigenvalue weighted by Crippen LogP contribution is 2.34. The van der Waals surface area contributed by atoms with Gasteiger partial charge in [0.05, 0.1) is 6.61 Å². The van der Waals surface area contributed by atoms with E-state index in [1.54, 1.807) is 19.2 Å². The van der Waals surface area contributed by atoms with E-state index in [2.05, 4.69) is 5.32 Å². The number of amides is 2. The van der Waals surface area contributed by atoms with Gasteiger partial charge in [0.15, 0.2) is 0 Å². The van der Waals surface area contributed by atoms with Gasteiger partial charge in [-0.2, -0.15) is 0 Å². The fourth-order valence-electron chi connectivity index (χ4n) is 3.09. The summed E-state index contributed by atoms with van der Waals surface area (Å²) in [5.41, 5.74) is 2.07. The molecular formula is C19H23N3O3. The summed E-state index contributed by atoms with van der Waals surface area (Å²) in [5.74, 6) is -0.446.